The maximum atomic E-state index is 5.58. The Morgan fingerprint density at radius 2 is 1.85 bits per heavy atom. The van der Waals surface area contributed by atoms with Gasteiger partial charge in [-0.3, -0.25) is 4.98 Å². The highest BCUT2D eigenvalue weighted by atomic mass is 32.2. The molecule has 0 fully saturated rings. The molecule has 7 heteroatoms. The Labute approximate surface area is 161 Å². The van der Waals surface area contributed by atoms with E-state index in [9.17, 15) is 0 Å². The monoisotopic (exact) mass is 375 g/mol. The van der Waals surface area contributed by atoms with Crippen LogP contribution in [0.5, 0.6) is 0 Å². The van der Waals surface area contributed by atoms with Crippen molar-refractivity contribution < 1.29 is 4.42 Å². The Balaban J connectivity index is 1.66. The maximum Gasteiger partial charge on any atom is 0.212 e. The highest BCUT2D eigenvalue weighted by Gasteiger charge is 2.14. The van der Waals surface area contributed by atoms with Gasteiger partial charge in [-0.05, 0) is 36.8 Å². The molecule has 0 unspecified atom stereocenters. The molecule has 4 rings (SSSR count). The predicted octanol–water partition coefficient (Wildman–Crippen LogP) is 4.42. The lowest BCUT2D eigenvalue weighted by Crippen LogP contribution is -1.97. The fraction of sp³-hybridized carbons (Fsp3) is 0.100. The third kappa shape index (κ3) is 4.15. The van der Waals surface area contributed by atoms with Crippen molar-refractivity contribution in [1.82, 2.24) is 19.9 Å². The Morgan fingerprint density at radius 1 is 1.04 bits per heavy atom. The predicted molar refractivity (Wildman–Crippen MR) is 106 cm³/mol. The zero-order valence-corrected chi connectivity index (χ0v) is 15.5. The number of rotatable bonds is 6. The van der Waals surface area contributed by atoms with E-state index in [-0.39, 0.29) is 0 Å². The van der Waals surface area contributed by atoms with Crippen LogP contribution in [0.1, 0.15) is 17.1 Å². The van der Waals surface area contributed by atoms with Crippen molar-refractivity contribution in [2.45, 2.75) is 17.8 Å². The number of hydrogen-bond donors (Lipinski definition) is 0. The summed E-state index contributed by atoms with van der Waals surface area (Å²) in [5.74, 6) is 2.96. The fourth-order valence-corrected chi connectivity index (χ4v) is 3.34. The quantitative estimate of drug-likeness (QED) is 0.369. The van der Waals surface area contributed by atoms with Gasteiger partial charge in [-0.1, -0.05) is 42.1 Å². The molecule has 3 aromatic heterocycles. The van der Waals surface area contributed by atoms with E-state index in [0.29, 0.717) is 16.7 Å². The lowest BCUT2D eigenvalue weighted by atomic mass is 10.2. The molecule has 0 saturated heterocycles. The molecular formula is C20H17N5OS. The van der Waals surface area contributed by atoms with E-state index in [1.165, 1.54) is 5.56 Å². The van der Waals surface area contributed by atoms with E-state index >= 15 is 0 Å². The van der Waals surface area contributed by atoms with Crippen LogP contribution in [-0.4, -0.2) is 26.1 Å². The van der Waals surface area contributed by atoms with Crippen LogP contribution in [0.4, 0.5) is 0 Å². The molecule has 0 aliphatic heterocycles. The molecule has 27 heavy (non-hydrogen) atoms. The van der Waals surface area contributed by atoms with Gasteiger partial charge >= 0.3 is 0 Å². The first-order valence-electron chi connectivity index (χ1n) is 8.43. The average molecular weight is 375 g/mol. The van der Waals surface area contributed by atoms with Gasteiger partial charge in [0.1, 0.15) is 11.5 Å². The van der Waals surface area contributed by atoms with Crippen molar-refractivity contribution >= 4 is 18.0 Å². The van der Waals surface area contributed by atoms with Crippen LogP contribution in [0.25, 0.3) is 11.4 Å². The third-order valence-electron chi connectivity index (χ3n) is 3.82. The number of thioether (sulfide) groups is 1. The standard InChI is InChI=1S/C20H17N5OS/c1-15-7-8-18(26-15)13-22-25-19(17-9-11-21-12-10-17)23-24-20(25)27-14-16-5-3-2-4-6-16/h2-13H,14H2,1H3/b22-13+. The first kappa shape index (κ1) is 17.2. The number of benzene rings is 1. The molecule has 0 atom stereocenters. The fourth-order valence-electron chi connectivity index (χ4n) is 2.50. The van der Waals surface area contributed by atoms with Crippen LogP contribution in [0, 0.1) is 6.92 Å². The molecule has 0 amide bonds. The summed E-state index contributed by atoms with van der Waals surface area (Å²) in [6.07, 6.45) is 5.13. The topological polar surface area (TPSA) is 69.1 Å². The van der Waals surface area contributed by atoms with Gasteiger partial charge in [0.15, 0.2) is 5.82 Å². The molecule has 3 heterocycles. The summed E-state index contributed by atoms with van der Waals surface area (Å²) in [6, 6.07) is 17.8. The number of aryl methyl sites for hydroxylation is 1. The lowest BCUT2D eigenvalue weighted by molar-refractivity contribution is 0.527. The number of furan rings is 1. The van der Waals surface area contributed by atoms with E-state index in [2.05, 4.69) is 32.4 Å². The summed E-state index contributed by atoms with van der Waals surface area (Å²) in [4.78, 5) is 4.06. The van der Waals surface area contributed by atoms with Crippen molar-refractivity contribution in [1.29, 1.82) is 0 Å². The molecule has 0 aliphatic carbocycles. The normalized spacial score (nSPS) is 11.3. The summed E-state index contributed by atoms with van der Waals surface area (Å²) in [7, 11) is 0. The van der Waals surface area contributed by atoms with Gasteiger partial charge < -0.3 is 4.42 Å². The molecule has 4 aromatic rings. The molecular weight excluding hydrogens is 358 g/mol. The van der Waals surface area contributed by atoms with Gasteiger partial charge in [-0.2, -0.15) is 9.78 Å². The van der Waals surface area contributed by atoms with Crippen LogP contribution in [0.2, 0.25) is 0 Å². The van der Waals surface area contributed by atoms with E-state index in [1.54, 1.807) is 35.0 Å². The number of hydrogen-bond acceptors (Lipinski definition) is 6. The molecule has 0 N–H and O–H groups in total. The number of aromatic nitrogens is 4. The second kappa shape index (κ2) is 8.01. The molecule has 0 radical (unpaired) electrons. The highest BCUT2D eigenvalue weighted by molar-refractivity contribution is 7.98. The van der Waals surface area contributed by atoms with Gasteiger partial charge in [0.2, 0.25) is 5.16 Å². The Hall–Kier alpha value is -3.19. The molecule has 0 bridgehead atoms. The van der Waals surface area contributed by atoms with Crippen LogP contribution >= 0.6 is 11.8 Å². The van der Waals surface area contributed by atoms with E-state index in [1.807, 2.05) is 49.4 Å². The minimum atomic E-state index is 0.660. The van der Waals surface area contributed by atoms with Gasteiger partial charge in [0, 0.05) is 23.7 Å². The summed E-state index contributed by atoms with van der Waals surface area (Å²) in [5.41, 5.74) is 2.12. The van der Waals surface area contributed by atoms with Gasteiger partial charge in [0.05, 0.1) is 6.21 Å². The summed E-state index contributed by atoms with van der Waals surface area (Å²) in [6.45, 7) is 1.90. The Morgan fingerprint density at radius 3 is 2.59 bits per heavy atom. The highest BCUT2D eigenvalue weighted by Crippen LogP contribution is 2.26. The second-order valence-corrected chi connectivity index (χ2v) is 6.76. The summed E-state index contributed by atoms with van der Waals surface area (Å²) < 4.78 is 7.31. The maximum absolute atomic E-state index is 5.58. The van der Waals surface area contributed by atoms with Gasteiger partial charge in [-0.25, -0.2) is 0 Å². The molecule has 0 aliphatic rings. The average Bonchev–Trinajstić information content (AvgIpc) is 3.32. The largest absolute Gasteiger partial charge is 0.460 e. The SMILES string of the molecule is Cc1ccc(/C=N/n2c(SCc3ccccc3)nnc2-c2ccncc2)o1. The molecule has 0 saturated carbocycles. The summed E-state index contributed by atoms with van der Waals surface area (Å²) in [5, 5.41) is 14.0. The minimum absolute atomic E-state index is 0.660. The molecule has 134 valence electrons. The van der Waals surface area contributed by atoms with Crippen LogP contribution in [0.3, 0.4) is 0 Å². The van der Waals surface area contributed by atoms with Crippen molar-refractivity contribution in [2.24, 2.45) is 5.10 Å². The number of nitrogens with zero attached hydrogens (tertiary/aromatic N) is 5. The lowest BCUT2D eigenvalue weighted by Gasteiger charge is -2.04. The van der Waals surface area contributed by atoms with E-state index < -0.39 is 0 Å². The van der Waals surface area contributed by atoms with E-state index in [4.69, 9.17) is 4.42 Å². The van der Waals surface area contributed by atoms with Crippen LogP contribution in [-0.2, 0) is 5.75 Å². The first-order chi connectivity index (χ1) is 13.3. The smallest absolute Gasteiger partial charge is 0.212 e. The minimum Gasteiger partial charge on any atom is -0.460 e. The van der Waals surface area contributed by atoms with Crippen molar-refractivity contribution in [3.63, 3.8) is 0 Å². The van der Waals surface area contributed by atoms with Gasteiger partial charge in [-0.15, -0.1) is 10.2 Å². The Kier molecular flexibility index (Phi) is 5.11. The summed E-state index contributed by atoms with van der Waals surface area (Å²) >= 11 is 1.59. The van der Waals surface area contributed by atoms with Gasteiger partial charge in [0.25, 0.3) is 0 Å². The third-order valence-corrected chi connectivity index (χ3v) is 4.81. The second-order valence-electron chi connectivity index (χ2n) is 5.82. The molecule has 0 spiro atoms. The zero-order chi connectivity index (χ0) is 18.5. The molecule has 6 nitrogen and oxygen atoms in total. The Bertz CT molecular complexity index is 1040. The molecule has 1 aromatic carbocycles. The number of pyridine rings is 1. The van der Waals surface area contributed by atoms with Crippen molar-refractivity contribution in [2.75, 3.05) is 0 Å². The van der Waals surface area contributed by atoms with E-state index in [0.717, 1.165) is 17.1 Å². The zero-order valence-electron chi connectivity index (χ0n) is 14.7. The first-order valence-corrected chi connectivity index (χ1v) is 9.41. The van der Waals surface area contributed by atoms with Crippen molar-refractivity contribution in [3.05, 3.63) is 84.1 Å². The van der Waals surface area contributed by atoms with Crippen LogP contribution < -0.4 is 0 Å². The van der Waals surface area contributed by atoms with Crippen molar-refractivity contribution in [3.8, 4) is 11.4 Å². The van der Waals surface area contributed by atoms with Crippen LogP contribution in [0.15, 0.2) is 81.7 Å².